The number of hydrogen-bond donors (Lipinski definition) is 2. The number of thioether (sulfide) groups is 1. The van der Waals surface area contributed by atoms with Crippen molar-refractivity contribution in [3.05, 3.63) is 29.8 Å². The quantitative estimate of drug-likeness (QED) is 0.328. The van der Waals surface area contributed by atoms with Gasteiger partial charge in [0.15, 0.2) is 5.96 Å². The zero-order chi connectivity index (χ0) is 17.4. The topological polar surface area (TPSA) is 56.7 Å². The number of rotatable bonds is 8. The molecule has 0 heterocycles. The molecule has 1 aliphatic rings. The van der Waals surface area contributed by atoms with E-state index in [1.807, 2.05) is 7.05 Å². The maximum absolute atomic E-state index is 11.6. The number of carbonyl (C=O) groups excluding carboxylic acids is 1. The summed E-state index contributed by atoms with van der Waals surface area (Å²) in [4.78, 5) is 19.6. The molecule has 0 spiro atoms. The summed E-state index contributed by atoms with van der Waals surface area (Å²) in [6.07, 6.45) is 4.16. The Kier molecular flexibility index (Phi) is 7.43. The lowest BCUT2D eigenvalue weighted by atomic mass is 10.2. The molecule has 6 heteroatoms. The molecule has 0 radical (unpaired) electrons. The summed E-state index contributed by atoms with van der Waals surface area (Å²) >= 11 is 1.75. The predicted molar refractivity (Wildman–Crippen MR) is 101 cm³/mol. The number of carbonyl (C=O) groups is 1. The van der Waals surface area contributed by atoms with E-state index in [1.54, 1.807) is 11.8 Å². The third-order valence-electron chi connectivity index (χ3n) is 3.90. The highest BCUT2D eigenvalue weighted by molar-refractivity contribution is 7.98. The molecule has 1 aromatic rings. The van der Waals surface area contributed by atoms with E-state index < -0.39 is 0 Å². The largest absolute Gasteiger partial charge is 0.357 e. The van der Waals surface area contributed by atoms with Gasteiger partial charge < -0.3 is 15.5 Å². The van der Waals surface area contributed by atoms with E-state index in [4.69, 9.17) is 0 Å². The van der Waals surface area contributed by atoms with Crippen LogP contribution in [0.15, 0.2) is 34.2 Å². The van der Waals surface area contributed by atoms with Crippen LogP contribution in [-0.2, 0) is 11.3 Å². The van der Waals surface area contributed by atoms with Crippen molar-refractivity contribution >= 4 is 23.6 Å². The first-order valence-corrected chi connectivity index (χ1v) is 9.76. The fourth-order valence-electron chi connectivity index (χ4n) is 2.38. The smallest absolute Gasteiger partial charge is 0.223 e. The molecule has 1 aromatic carbocycles. The molecule has 2 rings (SSSR count). The minimum absolute atomic E-state index is 0.178. The minimum Gasteiger partial charge on any atom is -0.357 e. The van der Waals surface area contributed by atoms with Crippen LogP contribution < -0.4 is 10.6 Å². The zero-order valence-corrected chi connectivity index (χ0v) is 15.7. The Morgan fingerprint density at radius 3 is 2.58 bits per heavy atom. The molecule has 132 valence electrons. The summed E-state index contributed by atoms with van der Waals surface area (Å²) in [7, 11) is 2.03. The Morgan fingerprint density at radius 1 is 1.29 bits per heavy atom. The Bertz CT molecular complexity index is 555. The number of hydrogen-bond acceptors (Lipinski definition) is 3. The summed E-state index contributed by atoms with van der Waals surface area (Å²) < 4.78 is 0. The van der Waals surface area contributed by atoms with Crippen LogP contribution in [0.4, 0.5) is 0 Å². The Hall–Kier alpha value is -1.69. The molecule has 0 aliphatic heterocycles. The molecule has 1 amide bonds. The lowest BCUT2D eigenvalue weighted by Crippen LogP contribution is -2.39. The standard InChI is InChI=1S/C18H28N4OS/c1-4-19-18(21-12-11-20-17(23)15-7-8-15)22(2)13-14-5-9-16(24-3)10-6-14/h5-6,9-10,15H,4,7-8,11-13H2,1-3H3,(H,19,21)(H,20,23). The van der Waals surface area contributed by atoms with Crippen LogP contribution in [0.3, 0.4) is 0 Å². The molecule has 1 fully saturated rings. The van der Waals surface area contributed by atoms with E-state index in [-0.39, 0.29) is 11.8 Å². The number of benzene rings is 1. The molecule has 0 unspecified atom stereocenters. The number of amides is 1. The van der Waals surface area contributed by atoms with Crippen LogP contribution in [0, 0.1) is 5.92 Å². The number of guanidine groups is 1. The van der Waals surface area contributed by atoms with Gasteiger partial charge in [-0.15, -0.1) is 11.8 Å². The second-order valence-electron chi connectivity index (χ2n) is 6.01. The van der Waals surface area contributed by atoms with Crippen molar-refractivity contribution in [2.24, 2.45) is 10.9 Å². The highest BCUT2D eigenvalue weighted by atomic mass is 32.2. The van der Waals surface area contributed by atoms with Crippen molar-refractivity contribution in [2.45, 2.75) is 31.2 Å². The normalized spacial score (nSPS) is 14.4. The van der Waals surface area contributed by atoms with Crippen LogP contribution in [0.5, 0.6) is 0 Å². The molecule has 0 aromatic heterocycles. The monoisotopic (exact) mass is 348 g/mol. The zero-order valence-electron chi connectivity index (χ0n) is 14.8. The van der Waals surface area contributed by atoms with Gasteiger partial charge in [-0.25, -0.2) is 0 Å². The van der Waals surface area contributed by atoms with E-state index in [1.165, 1.54) is 10.5 Å². The van der Waals surface area contributed by atoms with Gasteiger partial charge in [-0.2, -0.15) is 0 Å². The highest BCUT2D eigenvalue weighted by Crippen LogP contribution is 2.28. The maximum Gasteiger partial charge on any atom is 0.223 e. The average molecular weight is 349 g/mol. The van der Waals surface area contributed by atoms with E-state index in [0.717, 1.165) is 31.9 Å². The minimum atomic E-state index is 0.178. The fourth-order valence-corrected chi connectivity index (χ4v) is 2.79. The molecule has 0 atom stereocenters. The molecular weight excluding hydrogens is 320 g/mol. The Labute approximate surface area is 149 Å². The van der Waals surface area contributed by atoms with Crippen LogP contribution in [0.25, 0.3) is 0 Å². The number of nitrogens with one attached hydrogen (secondary N) is 2. The third-order valence-corrected chi connectivity index (χ3v) is 4.64. The number of aliphatic imine (C=N–C) groups is 1. The molecule has 1 aliphatic carbocycles. The lowest BCUT2D eigenvalue weighted by molar-refractivity contribution is -0.122. The molecular formula is C18H28N4OS. The van der Waals surface area contributed by atoms with Gasteiger partial charge in [-0.1, -0.05) is 12.1 Å². The molecule has 0 saturated heterocycles. The van der Waals surface area contributed by atoms with Gasteiger partial charge in [0.25, 0.3) is 0 Å². The van der Waals surface area contributed by atoms with Gasteiger partial charge >= 0.3 is 0 Å². The predicted octanol–water partition coefficient (Wildman–Crippen LogP) is 2.33. The first-order chi connectivity index (χ1) is 11.6. The first kappa shape index (κ1) is 18.6. The van der Waals surface area contributed by atoms with Crippen molar-refractivity contribution in [2.75, 3.05) is 32.9 Å². The summed E-state index contributed by atoms with van der Waals surface area (Å²) in [5.74, 6) is 1.30. The summed E-state index contributed by atoms with van der Waals surface area (Å²) in [5.41, 5.74) is 1.25. The molecule has 2 N–H and O–H groups in total. The molecule has 1 saturated carbocycles. The van der Waals surface area contributed by atoms with E-state index in [2.05, 4.69) is 58.0 Å². The highest BCUT2D eigenvalue weighted by Gasteiger charge is 2.28. The maximum atomic E-state index is 11.6. The Balaban J connectivity index is 1.84. The van der Waals surface area contributed by atoms with Crippen molar-refractivity contribution in [1.82, 2.24) is 15.5 Å². The van der Waals surface area contributed by atoms with Crippen LogP contribution in [0.2, 0.25) is 0 Å². The van der Waals surface area contributed by atoms with Crippen LogP contribution >= 0.6 is 11.8 Å². The SMILES string of the molecule is CCNC(=NCCNC(=O)C1CC1)N(C)Cc1ccc(SC)cc1. The van der Waals surface area contributed by atoms with E-state index in [0.29, 0.717) is 13.1 Å². The molecule has 0 bridgehead atoms. The van der Waals surface area contributed by atoms with Gasteiger partial charge in [0.2, 0.25) is 5.91 Å². The van der Waals surface area contributed by atoms with Gasteiger partial charge in [0, 0.05) is 37.5 Å². The molecule has 5 nitrogen and oxygen atoms in total. The van der Waals surface area contributed by atoms with Gasteiger partial charge in [0.05, 0.1) is 6.54 Å². The Morgan fingerprint density at radius 2 is 2.00 bits per heavy atom. The van der Waals surface area contributed by atoms with E-state index >= 15 is 0 Å². The number of nitrogens with zero attached hydrogens (tertiary/aromatic N) is 2. The van der Waals surface area contributed by atoms with Gasteiger partial charge in [-0.05, 0) is 43.7 Å². The third kappa shape index (κ3) is 6.07. The van der Waals surface area contributed by atoms with Gasteiger partial charge in [0.1, 0.15) is 0 Å². The first-order valence-electron chi connectivity index (χ1n) is 8.54. The molecule has 24 heavy (non-hydrogen) atoms. The second-order valence-corrected chi connectivity index (χ2v) is 6.88. The summed E-state index contributed by atoms with van der Waals surface area (Å²) in [5, 5.41) is 6.26. The van der Waals surface area contributed by atoms with Crippen LogP contribution in [-0.4, -0.2) is 49.7 Å². The fraction of sp³-hybridized carbons (Fsp3) is 0.556. The van der Waals surface area contributed by atoms with Crippen LogP contribution in [0.1, 0.15) is 25.3 Å². The van der Waals surface area contributed by atoms with Gasteiger partial charge in [-0.3, -0.25) is 9.79 Å². The summed E-state index contributed by atoms with van der Waals surface area (Å²) in [6.45, 7) is 4.88. The van der Waals surface area contributed by atoms with Crippen molar-refractivity contribution < 1.29 is 4.79 Å². The average Bonchev–Trinajstić information content (AvgIpc) is 3.43. The van der Waals surface area contributed by atoms with Crippen molar-refractivity contribution in [1.29, 1.82) is 0 Å². The van der Waals surface area contributed by atoms with E-state index in [9.17, 15) is 4.79 Å². The lowest BCUT2D eigenvalue weighted by Gasteiger charge is -2.22. The van der Waals surface area contributed by atoms with Crippen molar-refractivity contribution in [3.63, 3.8) is 0 Å². The second kappa shape index (κ2) is 9.57. The summed E-state index contributed by atoms with van der Waals surface area (Å²) in [6, 6.07) is 8.60. The van der Waals surface area contributed by atoms with Crippen molar-refractivity contribution in [3.8, 4) is 0 Å².